The second kappa shape index (κ2) is 6.43. The van der Waals surface area contributed by atoms with Crippen LogP contribution in [0.1, 0.15) is 45.7 Å². The van der Waals surface area contributed by atoms with Crippen LogP contribution in [0, 0.1) is 0 Å². The lowest BCUT2D eigenvalue weighted by Crippen LogP contribution is -2.28. The molecule has 1 N–H and O–H groups in total. The van der Waals surface area contributed by atoms with Gasteiger partial charge in [0.25, 0.3) is 5.91 Å². The largest absolute Gasteiger partial charge is 0.418 e. The molecule has 0 aliphatic carbocycles. The average Bonchev–Trinajstić information content (AvgIpc) is 2.95. The van der Waals surface area contributed by atoms with Crippen molar-refractivity contribution in [3.05, 3.63) is 45.7 Å². The molecule has 0 spiro atoms. The van der Waals surface area contributed by atoms with Gasteiger partial charge < -0.3 is 5.32 Å². The summed E-state index contributed by atoms with van der Waals surface area (Å²) < 4.78 is 38.7. The van der Waals surface area contributed by atoms with Gasteiger partial charge in [0.05, 0.1) is 17.2 Å². The Balaban J connectivity index is 2.19. The minimum atomic E-state index is -4.62. The standard InChI is InChI=1S/C14H14F3N3OS/c1-3-9-6-19-13(22-9)8(2)20-12(21)10-4-5-18-7-11(10)14(15,16)17/h4-8H,3H2,1-2H3,(H,20,21)/t8-/m0/s1. The van der Waals surface area contributed by atoms with E-state index < -0.39 is 29.3 Å². The van der Waals surface area contributed by atoms with Crippen LogP contribution in [-0.2, 0) is 12.6 Å². The van der Waals surface area contributed by atoms with Crippen LogP contribution >= 0.6 is 11.3 Å². The Kier molecular flexibility index (Phi) is 4.80. The predicted octanol–water partition coefficient (Wildman–Crippen LogP) is 3.61. The lowest BCUT2D eigenvalue weighted by atomic mass is 10.1. The molecule has 2 heterocycles. The van der Waals surface area contributed by atoms with Gasteiger partial charge in [0.15, 0.2) is 0 Å². The van der Waals surface area contributed by atoms with Gasteiger partial charge in [-0.3, -0.25) is 9.78 Å². The molecule has 0 bridgehead atoms. The molecule has 2 aromatic heterocycles. The summed E-state index contributed by atoms with van der Waals surface area (Å²) in [6.07, 6.45) is -0.288. The molecule has 0 unspecified atom stereocenters. The molecule has 8 heteroatoms. The van der Waals surface area contributed by atoms with Crippen molar-refractivity contribution in [2.75, 3.05) is 0 Å². The van der Waals surface area contributed by atoms with E-state index in [-0.39, 0.29) is 0 Å². The van der Waals surface area contributed by atoms with E-state index in [2.05, 4.69) is 15.3 Å². The Hall–Kier alpha value is -1.96. The number of aryl methyl sites for hydroxylation is 1. The summed E-state index contributed by atoms with van der Waals surface area (Å²) in [5.74, 6) is -0.796. The third kappa shape index (κ3) is 3.62. The first-order valence-corrected chi connectivity index (χ1v) is 7.41. The fourth-order valence-corrected chi connectivity index (χ4v) is 2.70. The van der Waals surface area contributed by atoms with Crippen LogP contribution in [0.4, 0.5) is 13.2 Å². The van der Waals surface area contributed by atoms with Gasteiger partial charge in [-0.25, -0.2) is 4.98 Å². The summed E-state index contributed by atoms with van der Waals surface area (Å²) in [5.41, 5.74) is -1.49. The van der Waals surface area contributed by atoms with Crippen molar-refractivity contribution in [1.29, 1.82) is 0 Å². The minimum absolute atomic E-state index is 0.443. The maximum absolute atomic E-state index is 12.9. The zero-order valence-electron chi connectivity index (χ0n) is 11.9. The molecule has 4 nitrogen and oxygen atoms in total. The summed E-state index contributed by atoms with van der Waals surface area (Å²) in [7, 11) is 0. The first-order valence-electron chi connectivity index (χ1n) is 6.59. The smallest absolute Gasteiger partial charge is 0.343 e. The Labute approximate surface area is 129 Å². The van der Waals surface area contributed by atoms with E-state index >= 15 is 0 Å². The van der Waals surface area contributed by atoms with E-state index in [4.69, 9.17) is 0 Å². The van der Waals surface area contributed by atoms with Gasteiger partial charge >= 0.3 is 6.18 Å². The summed E-state index contributed by atoms with van der Waals surface area (Å²) in [6, 6.07) is 0.594. The van der Waals surface area contributed by atoms with Crippen molar-refractivity contribution in [2.45, 2.75) is 32.5 Å². The monoisotopic (exact) mass is 329 g/mol. The molecule has 2 aromatic rings. The van der Waals surface area contributed by atoms with Crippen molar-refractivity contribution >= 4 is 17.2 Å². The van der Waals surface area contributed by atoms with Crippen molar-refractivity contribution in [3.63, 3.8) is 0 Å². The number of alkyl halides is 3. The van der Waals surface area contributed by atoms with Gasteiger partial charge in [-0.15, -0.1) is 11.3 Å². The van der Waals surface area contributed by atoms with E-state index in [0.29, 0.717) is 11.2 Å². The fraction of sp³-hybridized carbons (Fsp3) is 0.357. The van der Waals surface area contributed by atoms with Crippen LogP contribution in [0.5, 0.6) is 0 Å². The number of nitrogens with one attached hydrogen (secondary N) is 1. The Bertz CT molecular complexity index is 669. The molecular weight excluding hydrogens is 315 g/mol. The van der Waals surface area contributed by atoms with Gasteiger partial charge in [0, 0.05) is 23.5 Å². The highest BCUT2D eigenvalue weighted by molar-refractivity contribution is 7.11. The van der Waals surface area contributed by atoms with E-state index in [1.807, 2.05) is 6.92 Å². The summed E-state index contributed by atoms with van der Waals surface area (Å²) in [5, 5.41) is 3.20. The zero-order valence-corrected chi connectivity index (χ0v) is 12.8. The number of thiazole rings is 1. The van der Waals surface area contributed by atoms with Crippen molar-refractivity contribution < 1.29 is 18.0 Å². The molecule has 0 radical (unpaired) electrons. The third-order valence-corrected chi connectivity index (χ3v) is 4.33. The molecule has 22 heavy (non-hydrogen) atoms. The first kappa shape index (κ1) is 16.4. The molecule has 0 aromatic carbocycles. The number of carbonyl (C=O) groups excluding carboxylic acids is 1. The quantitative estimate of drug-likeness (QED) is 0.932. The number of amides is 1. The van der Waals surface area contributed by atoms with Crippen molar-refractivity contribution in [1.82, 2.24) is 15.3 Å². The number of rotatable bonds is 4. The average molecular weight is 329 g/mol. The molecule has 2 rings (SSSR count). The number of pyridine rings is 1. The van der Waals surface area contributed by atoms with Crippen LogP contribution in [0.2, 0.25) is 0 Å². The van der Waals surface area contributed by atoms with E-state index in [9.17, 15) is 18.0 Å². The van der Waals surface area contributed by atoms with Crippen LogP contribution in [0.25, 0.3) is 0 Å². The molecule has 1 amide bonds. The number of hydrogen-bond donors (Lipinski definition) is 1. The van der Waals surface area contributed by atoms with Crippen LogP contribution < -0.4 is 5.32 Å². The van der Waals surface area contributed by atoms with E-state index in [1.165, 1.54) is 11.3 Å². The number of nitrogens with zero attached hydrogens (tertiary/aromatic N) is 2. The maximum Gasteiger partial charge on any atom is 0.418 e. The number of hydrogen-bond acceptors (Lipinski definition) is 4. The highest BCUT2D eigenvalue weighted by atomic mass is 32.1. The molecule has 0 saturated carbocycles. The molecule has 0 aliphatic heterocycles. The Morgan fingerprint density at radius 3 is 2.73 bits per heavy atom. The lowest BCUT2D eigenvalue weighted by molar-refractivity contribution is -0.138. The van der Waals surface area contributed by atoms with Crippen molar-refractivity contribution in [3.8, 4) is 0 Å². The SMILES string of the molecule is CCc1cnc([C@H](C)NC(=O)c2ccncc2C(F)(F)F)s1. The summed E-state index contributed by atoms with van der Waals surface area (Å²) >= 11 is 1.43. The lowest BCUT2D eigenvalue weighted by Gasteiger charge is -2.15. The van der Waals surface area contributed by atoms with Gasteiger partial charge in [0.2, 0.25) is 0 Å². The first-order chi connectivity index (χ1) is 10.3. The van der Waals surface area contributed by atoms with Crippen LogP contribution in [0.3, 0.4) is 0 Å². The maximum atomic E-state index is 12.9. The summed E-state index contributed by atoms with van der Waals surface area (Å²) in [6.45, 7) is 3.66. The van der Waals surface area contributed by atoms with E-state index in [1.54, 1.807) is 13.1 Å². The molecule has 0 saturated heterocycles. The van der Waals surface area contributed by atoms with Gasteiger partial charge in [-0.05, 0) is 19.4 Å². The second-order valence-corrected chi connectivity index (χ2v) is 5.78. The van der Waals surface area contributed by atoms with Crippen molar-refractivity contribution in [2.24, 2.45) is 0 Å². The predicted molar refractivity (Wildman–Crippen MR) is 76.6 cm³/mol. The molecule has 0 fully saturated rings. The fourth-order valence-electron chi connectivity index (χ4n) is 1.84. The van der Waals surface area contributed by atoms with E-state index in [0.717, 1.165) is 23.6 Å². The molecule has 0 aliphatic rings. The topological polar surface area (TPSA) is 54.9 Å². The number of halogens is 3. The zero-order chi connectivity index (χ0) is 16.3. The highest BCUT2D eigenvalue weighted by Gasteiger charge is 2.35. The number of aromatic nitrogens is 2. The van der Waals surface area contributed by atoms with Crippen LogP contribution in [-0.4, -0.2) is 15.9 Å². The van der Waals surface area contributed by atoms with Gasteiger partial charge in [-0.1, -0.05) is 6.92 Å². The second-order valence-electron chi connectivity index (χ2n) is 4.63. The van der Waals surface area contributed by atoms with Crippen LogP contribution in [0.15, 0.2) is 24.7 Å². The Morgan fingerprint density at radius 2 is 2.14 bits per heavy atom. The Morgan fingerprint density at radius 1 is 1.41 bits per heavy atom. The number of carbonyl (C=O) groups is 1. The highest BCUT2D eigenvalue weighted by Crippen LogP contribution is 2.31. The molecule has 1 atom stereocenters. The minimum Gasteiger partial charge on any atom is -0.343 e. The molecular formula is C14H14F3N3OS. The summed E-state index contributed by atoms with van der Waals surface area (Å²) in [4.78, 5) is 20.8. The van der Waals surface area contributed by atoms with Gasteiger partial charge in [-0.2, -0.15) is 13.2 Å². The van der Waals surface area contributed by atoms with Gasteiger partial charge in [0.1, 0.15) is 5.01 Å². The molecule has 118 valence electrons. The third-order valence-electron chi connectivity index (χ3n) is 3.01. The normalized spacial score (nSPS) is 13.0.